The molecular weight excluding hydrogens is 302 g/mol. The number of aryl methyl sites for hydroxylation is 1. The molecule has 0 unspecified atom stereocenters. The Labute approximate surface area is 114 Å². The number of benzene rings is 1. The van der Waals surface area contributed by atoms with Crippen LogP contribution in [0.3, 0.4) is 0 Å². The van der Waals surface area contributed by atoms with Crippen LogP contribution < -0.4 is 4.74 Å². The van der Waals surface area contributed by atoms with Crippen LogP contribution in [0.15, 0.2) is 41.1 Å². The van der Waals surface area contributed by atoms with Crippen LogP contribution >= 0.6 is 27.5 Å². The van der Waals surface area contributed by atoms with Crippen LogP contribution in [0.5, 0.6) is 5.75 Å². The predicted octanol–water partition coefficient (Wildman–Crippen LogP) is 4.38. The molecule has 88 valence electrons. The van der Waals surface area contributed by atoms with Gasteiger partial charge in [0.2, 0.25) is 0 Å². The van der Waals surface area contributed by atoms with Crippen molar-refractivity contribution < 1.29 is 4.74 Å². The maximum atomic E-state index is 6.08. The van der Waals surface area contributed by atoms with Crippen LogP contribution in [-0.4, -0.2) is 4.98 Å². The summed E-state index contributed by atoms with van der Waals surface area (Å²) in [5.41, 5.74) is 2.11. The van der Waals surface area contributed by atoms with E-state index in [1.54, 1.807) is 12.4 Å². The van der Waals surface area contributed by atoms with Gasteiger partial charge < -0.3 is 4.74 Å². The molecule has 2 aromatic rings. The molecule has 0 aliphatic heterocycles. The molecule has 0 aliphatic carbocycles. The monoisotopic (exact) mass is 311 g/mol. The molecule has 0 N–H and O–H groups in total. The second-order valence-electron chi connectivity index (χ2n) is 3.73. The first-order chi connectivity index (χ1) is 8.15. The van der Waals surface area contributed by atoms with Gasteiger partial charge in [-0.2, -0.15) is 0 Å². The molecular formula is C13H11BrClNO. The van der Waals surface area contributed by atoms with Crippen LogP contribution in [0, 0.1) is 6.92 Å². The number of halogens is 2. The highest BCUT2D eigenvalue weighted by atomic mass is 79.9. The summed E-state index contributed by atoms with van der Waals surface area (Å²) in [7, 11) is 0. The number of hydrogen-bond acceptors (Lipinski definition) is 2. The van der Waals surface area contributed by atoms with Gasteiger partial charge in [0.15, 0.2) is 0 Å². The standard InChI is InChI=1S/C13H11BrClNO/c1-9-2-3-13(12(15)4-9)17-8-10-5-11(14)7-16-6-10/h2-7H,8H2,1H3. The highest BCUT2D eigenvalue weighted by Crippen LogP contribution is 2.26. The molecule has 0 aliphatic rings. The normalized spacial score (nSPS) is 10.3. The van der Waals surface area contributed by atoms with Crippen LogP contribution in [-0.2, 0) is 6.61 Å². The van der Waals surface area contributed by atoms with Crippen LogP contribution in [0.25, 0.3) is 0 Å². The summed E-state index contributed by atoms with van der Waals surface area (Å²) in [5.74, 6) is 0.692. The topological polar surface area (TPSA) is 22.1 Å². The van der Waals surface area contributed by atoms with Gasteiger partial charge in [-0.3, -0.25) is 4.98 Å². The van der Waals surface area contributed by atoms with E-state index in [4.69, 9.17) is 16.3 Å². The van der Waals surface area contributed by atoms with Crippen molar-refractivity contribution in [2.45, 2.75) is 13.5 Å². The Balaban J connectivity index is 2.07. The van der Waals surface area contributed by atoms with Gasteiger partial charge in [-0.15, -0.1) is 0 Å². The van der Waals surface area contributed by atoms with E-state index in [1.807, 2.05) is 31.2 Å². The van der Waals surface area contributed by atoms with Crippen molar-refractivity contribution in [2.24, 2.45) is 0 Å². The molecule has 0 bridgehead atoms. The fraction of sp³-hybridized carbons (Fsp3) is 0.154. The van der Waals surface area contributed by atoms with E-state index in [2.05, 4.69) is 20.9 Å². The van der Waals surface area contributed by atoms with Gasteiger partial charge in [0.1, 0.15) is 12.4 Å². The van der Waals surface area contributed by atoms with Gasteiger partial charge in [-0.25, -0.2) is 0 Å². The van der Waals surface area contributed by atoms with E-state index in [0.29, 0.717) is 17.4 Å². The summed E-state index contributed by atoms with van der Waals surface area (Å²) in [6.07, 6.45) is 3.51. The minimum atomic E-state index is 0.454. The van der Waals surface area contributed by atoms with Crippen molar-refractivity contribution >= 4 is 27.5 Å². The molecule has 0 amide bonds. The van der Waals surface area contributed by atoms with E-state index in [0.717, 1.165) is 15.6 Å². The van der Waals surface area contributed by atoms with Crippen molar-refractivity contribution in [1.29, 1.82) is 0 Å². The molecule has 1 aromatic carbocycles. The van der Waals surface area contributed by atoms with Gasteiger partial charge in [0, 0.05) is 22.4 Å². The fourth-order valence-corrected chi connectivity index (χ4v) is 2.12. The lowest BCUT2D eigenvalue weighted by atomic mass is 10.2. The third-order valence-electron chi connectivity index (χ3n) is 2.24. The van der Waals surface area contributed by atoms with Crippen molar-refractivity contribution in [1.82, 2.24) is 4.98 Å². The Kier molecular flexibility index (Phi) is 4.02. The molecule has 2 rings (SSSR count). The van der Waals surface area contributed by atoms with Gasteiger partial charge in [0.25, 0.3) is 0 Å². The number of ether oxygens (including phenoxy) is 1. The van der Waals surface area contributed by atoms with Crippen molar-refractivity contribution in [3.8, 4) is 5.75 Å². The average molecular weight is 313 g/mol. The Morgan fingerprint density at radius 2 is 2.12 bits per heavy atom. The molecule has 1 aromatic heterocycles. The molecule has 0 spiro atoms. The molecule has 0 fully saturated rings. The van der Waals surface area contributed by atoms with E-state index in [-0.39, 0.29) is 0 Å². The molecule has 0 radical (unpaired) electrons. The fourth-order valence-electron chi connectivity index (χ4n) is 1.42. The first kappa shape index (κ1) is 12.4. The van der Waals surface area contributed by atoms with E-state index >= 15 is 0 Å². The summed E-state index contributed by atoms with van der Waals surface area (Å²) in [6, 6.07) is 7.70. The lowest BCUT2D eigenvalue weighted by molar-refractivity contribution is 0.306. The van der Waals surface area contributed by atoms with E-state index < -0.39 is 0 Å². The summed E-state index contributed by atoms with van der Waals surface area (Å²) in [6.45, 7) is 2.45. The molecule has 0 atom stereocenters. The van der Waals surface area contributed by atoms with Crippen LogP contribution in [0.4, 0.5) is 0 Å². The Hall–Kier alpha value is -1.06. The van der Waals surface area contributed by atoms with Gasteiger partial charge in [0.05, 0.1) is 5.02 Å². The largest absolute Gasteiger partial charge is 0.487 e. The molecule has 4 heteroatoms. The number of hydrogen-bond donors (Lipinski definition) is 0. The molecule has 17 heavy (non-hydrogen) atoms. The minimum Gasteiger partial charge on any atom is -0.487 e. The van der Waals surface area contributed by atoms with Gasteiger partial charge in [-0.05, 0) is 46.6 Å². The summed E-state index contributed by atoms with van der Waals surface area (Å²) in [4.78, 5) is 4.07. The Morgan fingerprint density at radius 1 is 1.29 bits per heavy atom. The van der Waals surface area contributed by atoms with E-state index in [9.17, 15) is 0 Å². The first-order valence-corrected chi connectivity index (χ1v) is 6.30. The number of nitrogens with zero attached hydrogens (tertiary/aromatic N) is 1. The second-order valence-corrected chi connectivity index (χ2v) is 5.06. The maximum absolute atomic E-state index is 6.08. The SMILES string of the molecule is Cc1ccc(OCc2cncc(Br)c2)c(Cl)c1. The summed E-state index contributed by atoms with van der Waals surface area (Å²) in [5, 5.41) is 0.632. The van der Waals surface area contributed by atoms with Crippen molar-refractivity contribution in [2.75, 3.05) is 0 Å². The lowest BCUT2D eigenvalue weighted by Gasteiger charge is -2.08. The zero-order valence-corrected chi connectivity index (χ0v) is 11.6. The number of pyridine rings is 1. The smallest absolute Gasteiger partial charge is 0.138 e. The summed E-state index contributed by atoms with van der Waals surface area (Å²) >= 11 is 9.45. The molecule has 0 saturated heterocycles. The Bertz CT molecular complexity index is 531. The maximum Gasteiger partial charge on any atom is 0.138 e. The van der Waals surface area contributed by atoms with Gasteiger partial charge in [-0.1, -0.05) is 17.7 Å². The quantitative estimate of drug-likeness (QED) is 0.839. The highest BCUT2D eigenvalue weighted by Gasteiger charge is 2.02. The summed E-state index contributed by atoms with van der Waals surface area (Å²) < 4.78 is 6.58. The zero-order chi connectivity index (χ0) is 12.3. The third kappa shape index (κ3) is 3.45. The second kappa shape index (κ2) is 5.52. The predicted molar refractivity (Wildman–Crippen MR) is 72.5 cm³/mol. The van der Waals surface area contributed by atoms with Crippen LogP contribution in [0.1, 0.15) is 11.1 Å². The minimum absolute atomic E-state index is 0.454. The van der Waals surface area contributed by atoms with Crippen LogP contribution in [0.2, 0.25) is 5.02 Å². The highest BCUT2D eigenvalue weighted by molar-refractivity contribution is 9.10. The van der Waals surface area contributed by atoms with Crippen molar-refractivity contribution in [3.63, 3.8) is 0 Å². The number of aromatic nitrogens is 1. The number of rotatable bonds is 3. The zero-order valence-electron chi connectivity index (χ0n) is 9.28. The first-order valence-electron chi connectivity index (χ1n) is 5.13. The van der Waals surface area contributed by atoms with Gasteiger partial charge >= 0.3 is 0 Å². The molecule has 0 saturated carbocycles. The van der Waals surface area contributed by atoms with E-state index in [1.165, 1.54) is 0 Å². The van der Waals surface area contributed by atoms with Crippen molar-refractivity contribution in [3.05, 3.63) is 57.3 Å². The lowest BCUT2D eigenvalue weighted by Crippen LogP contribution is -1.96. The average Bonchev–Trinajstić information content (AvgIpc) is 2.28. The Morgan fingerprint density at radius 3 is 2.82 bits per heavy atom. The molecule has 2 nitrogen and oxygen atoms in total. The third-order valence-corrected chi connectivity index (χ3v) is 2.97. The molecule has 1 heterocycles.